The Morgan fingerprint density at radius 2 is 1.83 bits per heavy atom. The lowest BCUT2D eigenvalue weighted by Crippen LogP contribution is -2.45. The second-order valence-corrected chi connectivity index (χ2v) is 11.0. The molecule has 24 heavy (non-hydrogen) atoms. The highest BCUT2D eigenvalue weighted by molar-refractivity contribution is 6.73. The average molecular weight is 350 g/mol. The molecule has 0 N–H and O–H groups in total. The summed E-state index contributed by atoms with van der Waals surface area (Å²) in [5, 5.41) is 0. The third kappa shape index (κ3) is 4.24. The third-order valence-corrected chi connectivity index (χ3v) is 9.60. The zero-order valence-corrected chi connectivity index (χ0v) is 15.8. The first-order valence-electron chi connectivity index (χ1n) is 8.72. The van der Waals surface area contributed by atoms with E-state index in [9.17, 15) is 9.59 Å². The first-order chi connectivity index (χ1) is 11.5. The predicted octanol–water partition coefficient (Wildman–Crippen LogP) is 3.60. The van der Waals surface area contributed by atoms with Gasteiger partial charge in [-0.3, -0.25) is 4.79 Å². The van der Waals surface area contributed by atoms with Gasteiger partial charge in [-0.05, 0) is 30.1 Å². The fraction of sp³-hybridized carbons (Fsp3) is 0.556. The van der Waals surface area contributed by atoms with Crippen LogP contribution in [0, 0.1) is 0 Å². The molecule has 1 saturated heterocycles. The molecule has 0 bridgehead atoms. The molecule has 0 spiro atoms. The van der Waals surface area contributed by atoms with Gasteiger partial charge in [0.05, 0.1) is 6.04 Å². The second kappa shape index (κ2) is 8.44. The zero-order chi connectivity index (χ0) is 17.6. The van der Waals surface area contributed by atoms with Crippen LogP contribution in [0.1, 0.15) is 26.3 Å². The van der Waals surface area contributed by atoms with Crippen molar-refractivity contribution in [2.45, 2.75) is 51.4 Å². The molecule has 1 aromatic rings. The fourth-order valence-electron chi connectivity index (χ4n) is 3.14. The minimum absolute atomic E-state index is 0.0257. The van der Waals surface area contributed by atoms with E-state index in [0.29, 0.717) is 6.42 Å². The summed E-state index contributed by atoms with van der Waals surface area (Å²) in [6.45, 7) is 6.57. The van der Waals surface area contributed by atoms with Crippen molar-refractivity contribution in [3.63, 3.8) is 0 Å². The van der Waals surface area contributed by atoms with Gasteiger partial charge in [0.25, 0.3) is 5.91 Å². The van der Waals surface area contributed by atoms with Gasteiger partial charge in [0.2, 0.25) is 0 Å². The van der Waals surface area contributed by atoms with Gasteiger partial charge in [-0.2, -0.15) is 0 Å². The molecular formula is C18H27NO4Si. The molecule has 2 rings (SSSR count). The van der Waals surface area contributed by atoms with E-state index >= 15 is 0 Å². The van der Waals surface area contributed by atoms with Crippen LogP contribution in [0.2, 0.25) is 18.1 Å². The fourth-order valence-corrected chi connectivity index (χ4v) is 5.69. The lowest BCUT2D eigenvalue weighted by molar-refractivity contribution is -0.131. The number of amides is 2. The van der Waals surface area contributed by atoms with Gasteiger partial charge in [-0.25, -0.2) is 9.69 Å². The summed E-state index contributed by atoms with van der Waals surface area (Å²) < 4.78 is 11.1. The lowest BCUT2D eigenvalue weighted by Gasteiger charge is -2.29. The predicted molar refractivity (Wildman–Crippen MR) is 95.3 cm³/mol. The van der Waals surface area contributed by atoms with Crippen molar-refractivity contribution >= 4 is 20.3 Å². The van der Waals surface area contributed by atoms with Gasteiger partial charge < -0.3 is 9.16 Å². The van der Waals surface area contributed by atoms with Crippen LogP contribution in [-0.4, -0.2) is 44.5 Å². The van der Waals surface area contributed by atoms with Crippen LogP contribution in [0.15, 0.2) is 30.3 Å². The Morgan fingerprint density at radius 1 is 1.21 bits per heavy atom. The maximum absolute atomic E-state index is 12.6. The topological polar surface area (TPSA) is 55.8 Å². The number of nitrogens with zero attached hydrogens (tertiary/aromatic N) is 1. The highest BCUT2D eigenvalue weighted by Gasteiger charge is 2.39. The normalized spacial score (nSPS) is 17.9. The molecule has 1 fully saturated rings. The summed E-state index contributed by atoms with van der Waals surface area (Å²) in [5.74, 6) is -0.286. The second-order valence-electron chi connectivity index (χ2n) is 6.22. The smallest absolute Gasteiger partial charge is 0.417 e. The molecule has 1 heterocycles. The Morgan fingerprint density at radius 3 is 2.42 bits per heavy atom. The van der Waals surface area contributed by atoms with Crippen LogP contribution in [0.5, 0.6) is 0 Å². The minimum atomic E-state index is -1.85. The standard InChI is InChI=1S/C18H27NO4Si/c1-4-24(5-2,6-3)23-14-17(20)19-16(13-22-18(19)21)12-15-10-8-7-9-11-15/h7-11,16H,4-6,12-14H2,1-3H3/t16-/m1/s1. The number of carbonyl (C=O) groups excluding carboxylic acids is 2. The largest absolute Gasteiger partial charge is 0.447 e. The molecule has 132 valence electrons. The number of rotatable bonds is 8. The first kappa shape index (κ1) is 18.7. The summed E-state index contributed by atoms with van der Waals surface area (Å²) in [6.07, 6.45) is 0.0530. The molecule has 0 radical (unpaired) electrons. The molecule has 0 aromatic heterocycles. The van der Waals surface area contributed by atoms with Gasteiger partial charge in [0.15, 0.2) is 8.32 Å². The molecule has 6 heteroatoms. The van der Waals surface area contributed by atoms with Gasteiger partial charge in [0.1, 0.15) is 13.2 Å². The summed E-state index contributed by atoms with van der Waals surface area (Å²) >= 11 is 0. The summed E-state index contributed by atoms with van der Waals surface area (Å²) in [4.78, 5) is 25.8. The van der Waals surface area contributed by atoms with E-state index in [2.05, 4.69) is 20.8 Å². The molecular weight excluding hydrogens is 322 g/mol. The Bertz CT molecular complexity index is 551. The Balaban J connectivity index is 2.01. The quantitative estimate of drug-likeness (QED) is 0.673. The van der Waals surface area contributed by atoms with Crippen molar-refractivity contribution in [1.29, 1.82) is 0 Å². The Hall–Kier alpha value is -1.66. The van der Waals surface area contributed by atoms with Crippen molar-refractivity contribution < 1.29 is 18.8 Å². The number of cyclic esters (lactones) is 1. The van der Waals surface area contributed by atoms with Crippen LogP contribution < -0.4 is 0 Å². The molecule has 1 atom stereocenters. The van der Waals surface area contributed by atoms with Crippen molar-refractivity contribution in [3.8, 4) is 0 Å². The molecule has 5 nitrogen and oxygen atoms in total. The van der Waals surface area contributed by atoms with Crippen LogP contribution in [0.3, 0.4) is 0 Å². The van der Waals surface area contributed by atoms with Crippen molar-refractivity contribution in [2.75, 3.05) is 13.2 Å². The van der Waals surface area contributed by atoms with E-state index in [4.69, 9.17) is 9.16 Å². The van der Waals surface area contributed by atoms with Crippen LogP contribution in [-0.2, 0) is 20.4 Å². The average Bonchev–Trinajstić information content (AvgIpc) is 2.98. The van der Waals surface area contributed by atoms with Crippen LogP contribution in [0.25, 0.3) is 0 Å². The van der Waals surface area contributed by atoms with Crippen molar-refractivity contribution in [3.05, 3.63) is 35.9 Å². The van der Waals surface area contributed by atoms with Gasteiger partial charge in [-0.1, -0.05) is 51.1 Å². The highest BCUT2D eigenvalue weighted by atomic mass is 28.4. The number of hydrogen-bond donors (Lipinski definition) is 0. The van der Waals surface area contributed by atoms with Crippen molar-refractivity contribution in [2.24, 2.45) is 0 Å². The number of hydrogen-bond acceptors (Lipinski definition) is 4. The maximum atomic E-state index is 12.6. The van der Waals surface area contributed by atoms with E-state index in [1.165, 1.54) is 4.90 Å². The first-order valence-corrected chi connectivity index (χ1v) is 11.2. The molecule has 0 saturated carbocycles. The third-order valence-electron chi connectivity index (χ3n) is 4.98. The molecule has 0 unspecified atom stereocenters. The number of carbonyl (C=O) groups is 2. The summed E-state index contributed by atoms with van der Waals surface area (Å²) in [7, 11) is -1.85. The van der Waals surface area contributed by atoms with E-state index in [0.717, 1.165) is 23.7 Å². The Kier molecular flexibility index (Phi) is 6.57. The minimum Gasteiger partial charge on any atom is -0.447 e. The van der Waals surface area contributed by atoms with E-state index in [1.807, 2.05) is 30.3 Å². The van der Waals surface area contributed by atoms with E-state index < -0.39 is 14.4 Å². The summed E-state index contributed by atoms with van der Waals surface area (Å²) in [6, 6.07) is 12.5. The number of benzene rings is 1. The van der Waals surface area contributed by atoms with Crippen LogP contribution >= 0.6 is 0 Å². The highest BCUT2D eigenvalue weighted by Crippen LogP contribution is 2.23. The van der Waals surface area contributed by atoms with Gasteiger partial charge in [0, 0.05) is 0 Å². The zero-order valence-electron chi connectivity index (χ0n) is 14.8. The Labute approximate surface area is 145 Å². The molecule has 1 aliphatic rings. The maximum Gasteiger partial charge on any atom is 0.417 e. The molecule has 1 aliphatic heterocycles. The van der Waals surface area contributed by atoms with Gasteiger partial charge in [-0.15, -0.1) is 0 Å². The van der Waals surface area contributed by atoms with Gasteiger partial charge >= 0.3 is 6.09 Å². The molecule has 2 amide bonds. The van der Waals surface area contributed by atoms with Crippen molar-refractivity contribution in [1.82, 2.24) is 4.90 Å². The SMILES string of the molecule is CC[Si](CC)(CC)OCC(=O)N1C(=O)OC[C@H]1Cc1ccccc1. The van der Waals surface area contributed by atoms with Crippen LogP contribution in [0.4, 0.5) is 4.79 Å². The number of ether oxygens (including phenoxy) is 1. The van der Waals surface area contributed by atoms with E-state index in [1.54, 1.807) is 0 Å². The summed E-state index contributed by atoms with van der Waals surface area (Å²) in [5.41, 5.74) is 1.08. The molecule has 0 aliphatic carbocycles. The van der Waals surface area contributed by atoms with E-state index in [-0.39, 0.29) is 25.2 Å². The molecule has 1 aromatic carbocycles. The monoisotopic (exact) mass is 349 g/mol. The number of imide groups is 1. The lowest BCUT2D eigenvalue weighted by atomic mass is 10.1.